The van der Waals surface area contributed by atoms with Crippen LogP contribution in [0.2, 0.25) is 0 Å². The molecule has 1 aliphatic heterocycles. The Labute approximate surface area is 115 Å². The highest BCUT2D eigenvalue weighted by molar-refractivity contribution is 7.98. The monoisotopic (exact) mass is 274 g/mol. The van der Waals surface area contributed by atoms with Crippen molar-refractivity contribution in [3.05, 3.63) is 0 Å². The second kappa shape index (κ2) is 8.02. The Bertz CT molecular complexity index is 253. The fourth-order valence-corrected chi connectivity index (χ4v) is 2.61. The molecule has 1 N–H and O–H groups in total. The van der Waals surface area contributed by atoms with E-state index in [9.17, 15) is 9.90 Å². The van der Waals surface area contributed by atoms with Crippen molar-refractivity contribution in [2.45, 2.75) is 26.4 Å². The Balaban J connectivity index is 2.31. The van der Waals surface area contributed by atoms with Gasteiger partial charge in [0.1, 0.15) is 6.10 Å². The first-order valence-electron chi connectivity index (χ1n) is 6.72. The minimum absolute atomic E-state index is 0.0896. The topological polar surface area (TPSA) is 43.8 Å². The second-order valence-electron chi connectivity index (χ2n) is 5.31. The number of thioether (sulfide) groups is 1. The van der Waals surface area contributed by atoms with Crippen molar-refractivity contribution >= 4 is 17.7 Å². The van der Waals surface area contributed by atoms with Crippen molar-refractivity contribution in [2.75, 3.05) is 44.7 Å². The molecule has 0 saturated carbocycles. The fraction of sp³-hybridized carbons (Fsp3) is 0.923. The van der Waals surface area contributed by atoms with Crippen LogP contribution in [0.1, 0.15) is 20.3 Å². The summed E-state index contributed by atoms with van der Waals surface area (Å²) in [5.74, 6) is 1.41. The summed E-state index contributed by atoms with van der Waals surface area (Å²) in [6.07, 6.45) is 1.86. The van der Waals surface area contributed by atoms with Crippen LogP contribution in [0.15, 0.2) is 0 Å². The summed E-state index contributed by atoms with van der Waals surface area (Å²) < 4.78 is 0. The normalized spacial score (nSPS) is 19.3. The Morgan fingerprint density at radius 3 is 2.39 bits per heavy atom. The van der Waals surface area contributed by atoms with E-state index in [-0.39, 0.29) is 5.91 Å². The van der Waals surface area contributed by atoms with Gasteiger partial charge in [-0.25, -0.2) is 0 Å². The second-order valence-corrected chi connectivity index (χ2v) is 6.29. The summed E-state index contributed by atoms with van der Waals surface area (Å²) >= 11 is 1.85. The third kappa shape index (κ3) is 5.16. The van der Waals surface area contributed by atoms with Crippen molar-refractivity contribution < 1.29 is 9.90 Å². The molecule has 0 bridgehead atoms. The van der Waals surface area contributed by atoms with E-state index in [1.165, 1.54) is 0 Å². The molecule has 1 aliphatic rings. The first-order valence-corrected chi connectivity index (χ1v) is 8.12. The van der Waals surface area contributed by atoms with E-state index >= 15 is 0 Å². The Kier molecular flexibility index (Phi) is 7.04. The molecule has 1 amide bonds. The average Bonchev–Trinajstić information content (AvgIpc) is 2.35. The van der Waals surface area contributed by atoms with E-state index in [1.807, 2.05) is 30.5 Å². The van der Waals surface area contributed by atoms with Crippen LogP contribution in [-0.4, -0.2) is 71.6 Å². The maximum absolute atomic E-state index is 12.0. The summed E-state index contributed by atoms with van der Waals surface area (Å²) in [6.45, 7) is 8.51. The molecule has 0 aromatic carbocycles. The predicted octanol–water partition coefficient (Wildman–Crippen LogP) is 0.901. The van der Waals surface area contributed by atoms with E-state index in [1.54, 1.807) is 0 Å². The van der Waals surface area contributed by atoms with Gasteiger partial charge in [0.2, 0.25) is 0 Å². The van der Waals surface area contributed by atoms with Gasteiger partial charge < -0.3 is 10.0 Å². The highest BCUT2D eigenvalue weighted by atomic mass is 32.2. The molecule has 18 heavy (non-hydrogen) atoms. The summed E-state index contributed by atoms with van der Waals surface area (Å²) in [7, 11) is 0. The third-order valence-electron chi connectivity index (χ3n) is 3.28. The molecule has 1 saturated heterocycles. The molecular weight excluding hydrogens is 248 g/mol. The number of amides is 1. The minimum atomic E-state index is -0.817. The van der Waals surface area contributed by atoms with Crippen LogP contribution in [-0.2, 0) is 4.79 Å². The summed E-state index contributed by atoms with van der Waals surface area (Å²) in [5, 5.41) is 9.84. The molecule has 5 heteroatoms. The fourth-order valence-electron chi connectivity index (χ4n) is 2.17. The SMILES string of the molecule is CSCCN1CCN(C(=O)[C@H](O)CC(C)C)CC1. The average molecular weight is 274 g/mol. The van der Waals surface area contributed by atoms with Crippen molar-refractivity contribution in [3.63, 3.8) is 0 Å². The predicted molar refractivity (Wildman–Crippen MR) is 76.9 cm³/mol. The molecule has 0 unspecified atom stereocenters. The van der Waals surface area contributed by atoms with Gasteiger partial charge in [-0.3, -0.25) is 9.69 Å². The maximum atomic E-state index is 12.0. The number of hydrogen-bond acceptors (Lipinski definition) is 4. The van der Waals surface area contributed by atoms with Crippen LogP contribution in [0.4, 0.5) is 0 Å². The molecule has 1 heterocycles. The van der Waals surface area contributed by atoms with Gasteiger partial charge >= 0.3 is 0 Å². The van der Waals surface area contributed by atoms with E-state index in [0.717, 1.165) is 38.5 Å². The lowest BCUT2D eigenvalue weighted by atomic mass is 10.0. The number of piperazine rings is 1. The molecule has 106 valence electrons. The lowest BCUT2D eigenvalue weighted by molar-refractivity contribution is -0.142. The van der Waals surface area contributed by atoms with Crippen molar-refractivity contribution in [3.8, 4) is 0 Å². The van der Waals surface area contributed by atoms with Crippen molar-refractivity contribution in [1.82, 2.24) is 9.80 Å². The van der Waals surface area contributed by atoms with E-state index in [2.05, 4.69) is 11.2 Å². The van der Waals surface area contributed by atoms with Gasteiger partial charge in [-0.1, -0.05) is 13.8 Å². The molecule has 0 spiro atoms. The van der Waals surface area contributed by atoms with Crippen LogP contribution < -0.4 is 0 Å². The molecular formula is C13H26N2O2S. The van der Waals surface area contributed by atoms with Gasteiger partial charge in [-0.05, 0) is 18.6 Å². The van der Waals surface area contributed by atoms with Gasteiger partial charge in [0.25, 0.3) is 5.91 Å². The van der Waals surface area contributed by atoms with Crippen LogP contribution in [0.3, 0.4) is 0 Å². The first kappa shape index (κ1) is 15.8. The van der Waals surface area contributed by atoms with Gasteiger partial charge in [-0.15, -0.1) is 0 Å². The maximum Gasteiger partial charge on any atom is 0.251 e. The first-order chi connectivity index (χ1) is 8.54. The highest BCUT2D eigenvalue weighted by Gasteiger charge is 2.26. The highest BCUT2D eigenvalue weighted by Crippen LogP contribution is 2.10. The van der Waals surface area contributed by atoms with Crippen LogP contribution in [0.5, 0.6) is 0 Å². The molecule has 1 fully saturated rings. The van der Waals surface area contributed by atoms with Gasteiger partial charge in [0.05, 0.1) is 0 Å². The van der Waals surface area contributed by atoms with Gasteiger partial charge in [-0.2, -0.15) is 11.8 Å². The summed E-state index contributed by atoms with van der Waals surface area (Å²) in [5.41, 5.74) is 0. The zero-order chi connectivity index (χ0) is 13.5. The zero-order valence-corrected chi connectivity index (χ0v) is 12.6. The van der Waals surface area contributed by atoms with Crippen LogP contribution >= 0.6 is 11.8 Å². The molecule has 0 aromatic rings. The summed E-state index contributed by atoms with van der Waals surface area (Å²) in [4.78, 5) is 16.2. The summed E-state index contributed by atoms with van der Waals surface area (Å²) in [6, 6.07) is 0. The number of aliphatic hydroxyl groups excluding tert-OH is 1. The molecule has 1 atom stereocenters. The Morgan fingerprint density at radius 1 is 1.28 bits per heavy atom. The Hall–Kier alpha value is -0.260. The number of aliphatic hydroxyl groups is 1. The zero-order valence-electron chi connectivity index (χ0n) is 11.8. The van der Waals surface area contributed by atoms with Gasteiger partial charge in [0, 0.05) is 38.5 Å². The van der Waals surface area contributed by atoms with Crippen molar-refractivity contribution in [1.29, 1.82) is 0 Å². The lowest BCUT2D eigenvalue weighted by Gasteiger charge is -2.35. The minimum Gasteiger partial charge on any atom is -0.383 e. The van der Waals surface area contributed by atoms with Crippen molar-refractivity contribution in [2.24, 2.45) is 5.92 Å². The number of hydrogen-bond donors (Lipinski definition) is 1. The molecule has 0 aromatic heterocycles. The smallest absolute Gasteiger partial charge is 0.251 e. The van der Waals surface area contributed by atoms with Crippen LogP contribution in [0, 0.1) is 5.92 Å². The third-order valence-corrected chi connectivity index (χ3v) is 3.87. The van der Waals surface area contributed by atoms with Crippen LogP contribution in [0.25, 0.3) is 0 Å². The Morgan fingerprint density at radius 2 is 1.89 bits per heavy atom. The van der Waals surface area contributed by atoms with E-state index < -0.39 is 6.10 Å². The molecule has 4 nitrogen and oxygen atoms in total. The standard InChI is InChI=1S/C13H26N2O2S/c1-11(2)10-12(16)13(17)15-6-4-14(5-7-15)8-9-18-3/h11-12,16H,4-10H2,1-3H3/t12-/m1/s1. The lowest BCUT2D eigenvalue weighted by Crippen LogP contribution is -2.51. The molecule has 1 rings (SSSR count). The molecule has 0 radical (unpaired) electrons. The van der Waals surface area contributed by atoms with Gasteiger partial charge in [0.15, 0.2) is 0 Å². The molecule has 0 aliphatic carbocycles. The number of carbonyl (C=O) groups excluding carboxylic acids is 1. The van der Waals surface area contributed by atoms with E-state index in [4.69, 9.17) is 0 Å². The number of nitrogens with zero attached hydrogens (tertiary/aromatic N) is 2. The number of carbonyl (C=O) groups is 1. The van der Waals surface area contributed by atoms with E-state index in [0.29, 0.717) is 12.3 Å². The number of rotatable bonds is 6. The largest absolute Gasteiger partial charge is 0.383 e. The quantitative estimate of drug-likeness (QED) is 0.781.